The molecular weight excluding hydrogens is 406 g/mol. The number of esters is 1. The zero-order valence-electron chi connectivity index (χ0n) is 17.5. The van der Waals surface area contributed by atoms with Gasteiger partial charge in [0.25, 0.3) is 0 Å². The molecule has 0 aliphatic carbocycles. The average Bonchev–Trinajstić information content (AvgIpc) is 3.28. The van der Waals surface area contributed by atoms with Crippen LogP contribution in [-0.4, -0.2) is 74.6 Å². The van der Waals surface area contributed by atoms with Gasteiger partial charge >= 0.3 is 5.97 Å². The van der Waals surface area contributed by atoms with Crippen LogP contribution in [0.2, 0.25) is 0 Å². The van der Waals surface area contributed by atoms with Crippen LogP contribution in [0.5, 0.6) is 0 Å². The molecule has 0 saturated carbocycles. The number of ether oxygens (including phenoxy) is 2. The first-order valence-electron chi connectivity index (χ1n) is 10.1. The van der Waals surface area contributed by atoms with E-state index in [-0.39, 0.29) is 18.4 Å². The Kier molecular flexibility index (Phi) is 5.56. The second-order valence-electron chi connectivity index (χ2n) is 7.94. The largest absolute Gasteiger partial charge is 0.462 e. The molecule has 2 aromatic rings. The first kappa shape index (κ1) is 21.4. The summed E-state index contributed by atoms with van der Waals surface area (Å²) >= 11 is 0. The molecule has 168 valence electrons. The van der Waals surface area contributed by atoms with Crippen LogP contribution < -0.4 is 16.5 Å². The summed E-state index contributed by atoms with van der Waals surface area (Å²) in [5, 5.41) is 27.6. The number of hydrogen-bond acceptors (Lipinski definition) is 11. The quantitative estimate of drug-likeness (QED) is 0.415. The lowest BCUT2D eigenvalue weighted by molar-refractivity contribution is -0.152. The van der Waals surface area contributed by atoms with E-state index in [1.54, 1.807) is 22.8 Å². The average molecular weight is 433 g/mol. The van der Waals surface area contributed by atoms with Crippen LogP contribution in [0.3, 0.4) is 0 Å². The number of aliphatic hydroxyl groups is 2. The van der Waals surface area contributed by atoms with E-state index in [1.807, 2.05) is 13.8 Å². The molecule has 31 heavy (non-hydrogen) atoms. The molecule has 4 rings (SSSR count). The lowest BCUT2D eigenvalue weighted by Gasteiger charge is -2.20. The van der Waals surface area contributed by atoms with Gasteiger partial charge in [-0.15, -0.1) is 0 Å². The van der Waals surface area contributed by atoms with Gasteiger partial charge in [-0.25, -0.2) is 15.0 Å². The highest BCUT2D eigenvalue weighted by molar-refractivity contribution is 6.13. The monoisotopic (exact) mass is 433 g/mol. The van der Waals surface area contributed by atoms with Crippen molar-refractivity contribution in [2.24, 2.45) is 22.5 Å². The third-order valence-electron chi connectivity index (χ3n) is 5.96. The fourth-order valence-electron chi connectivity index (χ4n) is 3.81. The molecule has 6 N–H and O–H groups in total. The minimum Gasteiger partial charge on any atom is -0.462 e. The fourth-order valence-corrected chi connectivity index (χ4v) is 3.81. The molecule has 2 aromatic heterocycles. The van der Waals surface area contributed by atoms with Gasteiger partial charge in [-0.3, -0.25) is 4.79 Å². The van der Waals surface area contributed by atoms with Crippen molar-refractivity contribution in [1.82, 2.24) is 14.5 Å². The van der Waals surface area contributed by atoms with E-state index in [0.717, 1.165) is 6.42 Å². The number of carbonyl (C=O) groups is 1. The molecule has 0 bridgehead atoms. The number of rotatable bonds is 6. The Morgan fingerprint density at radius 1 is 1.35 bits per heavy atom. The molecule has 1 fully saturated rings. The molecule has 1 saturated heterocycles. The molecule has 0 aromatic carbocycles. The van der Waals surface area contributed by atoms with Crippen LogP contribution in [0, 0.1) is 5.92 Å². The number of nitrogens with zero attached hydrogens (tertiary/aromatic N) is 5. The highest BCUT2D eigenvalue weighted by Gasteiger charge is 2.45. The molecule has 4 heterocycles. The van der Waals surface area contributed by atoms with Gasteiger partial charge in [0.1, 0.15) is 42.9 Å². The Hall–Kier alpha value is -2.80. The van der Waals surface area contributed by atoms with E-state index in [0.29, 0.717) is 22.4 Å². The van der Waals surface area contributed by atoms with E-state index < -0.39 is 36.6 Å². The fraction of sp³-hybridized carbons (Fsp3) is 0.579. The second kappa shape index (κ2) is 8.04. The smallest absolute Gasteiger partial charge is 0.323 e. The van der Waals surface area contributed by atoms with Crippen LogP contribution in [0.15, 0.2) is 17.6 Å². The Bertz CT molecular complexity index is 1020. The van der Waals surface area contributed by atoms with E-state index >= 15 is 0 Å². The zero-order chi connectivity index (χ0) is 22.4. The normalized spacial score (nSPS) is 27.3. The predicted octanol–water partition coefficient (Wildman–Crippen LogP) is -0.963. The maximum Gasteiger partial charge on any atom is 0.323 e. The summed E-state index contributed by atoms with van der Waals surface area (Å²) < 4.78 is 12.7. The first-order chi connectivity index (χ1) is 14.7. The summed E-state index contributed by atoms with van der Waals surface area (Å²) in [5.41, 5.74) is 13.0. The summed E-state index contributed by atoms with van der Waals surface area (Å²) in [6.07, 6.45) is -0.717. The van der Waals surface area contributed by atoms with Crippen molar-refractivity contribution in [2.45, 2.75) is 50.8 Å². The Morgan fingerprint density at radius 2 is 2.10 bits per heavy atom. The van der Waals surface area contributed by atoms with Crippen molar-refractivity contribution in [3.05, 3.63) is 18.1 Å². The lowest BCUT2D eigenvalue weighted by atomic mass is 10.0. The maximum atomic E-state index is 12.2. The number of aliphatic hydroxyl groups excluding tert-OH is 2. The van der Waals surface area contributed by atoms with Crippen molar-refractivity contribution in [1.29, 1.82) is 0 Å². The number of nitrogens with two attached hydrogens (primary N) is 2. The van der Waals surface area contributed by atoms with Crippen LogP contribution in [0.25, 0.3) is 11.0 Å². The van der Waals surface area contributed by atoms with Gasteiger partial charge in [0.05, 0.1) is 5.39 Å². The number of carbonyl (C=O) groups excluding carboxylic acids is 1. The van der Waals surface area contributed by atoms with Crippen LogP contribution >= 0.6 is 0 Å². The van der Waals surface area contributed by atoms with Gasteiger partial charge in [0.2, 0.25) is 0 Å². The summed E-state index contributed by atoms with van der Waals surface area (Å²) in [7, 11) is 1.72. The summed E-state index contributed by atoms with van der Waals surface area (Å²) in [6, 6.07) is -0.767. The van der Waals surface area contributed by atoms with Gasteiger partial charge in [-0.1, -0.05) is 20.3 Å². The van der Waals surface area contributed by atoms with Gasteiger partial charge in [-0.2, -0.15) is 5.10 Å². The number of aromatic nitrogens is 3. The van der Waals surface area contributed by atoms with Gasteiger partial charge in [-0.05, 0) is 5.92 Å². The Labute approximate surface area is 178 Å². The zero-order valence-corrected chi connectivity index (χ0v) is 17.5. The maximum absolute atomic E-state index is 12.2. The highest BCUT2D eigenvalue weighted by Crippen LogP contribution is 2.37. The van der Waals surface area contributed by atoms with E-state index in [4.69, 9.17) is 20.9 Å². The van der Waals surface area contributed by atoms with Crippen molar-refractivity contribution in [3.8, 4) is 0 Å². The first-order valence-corrected chi connectivity index (χ1v) is 10.1. The molecule has 0 amide bonds. The Balaban J connectivity index is 1.56. The van der Waals surface area contributed by atoms with Gasteiger partial charge in [0.15, 0.2) is 17.9 Å². The molecule has 0 spiro atoms. The van der Waals surface area contributed by atoms with Crippen LogP contribution in [0.1, 0.15) is 32.1 Å². The highest BCUT2D eigenvalue weighted by atomic mass is 16.6. The molecule has 0 unspecified atom stereocenters. The van der Waals surface area contributed by atoms with Crippen LogP contribution in [-0.2, 0) is 14.3 Å². The summed E-state index contributed by atoms with van der Waals surface area (Å²) in [5.74, 6) is 0.210. The SMILES string of the molecule is CC[C@H](C)[C@H](N)C(=O)OC[C@H]1O[C@@H](n2cc3c4c(ncnc42)N(C)N=C3N)[C@H](O)[C@@H]1O. The van der Waals surface area contributed by atoms with Crippen molar-refractivity contribution < 1.29 is 24.5 Å². The molecule has 12 nitrogen and oxygen atoms in total. The van der Waals surface area contributed by atoms with Crippen molar-refractivity contribution in [2.75, 3.05) is 18.7 Å². The standard InChI is InChI=1S/C19H27N7O5/c1-4-8(2)12(20)19(29)30-6-10-13(27)14(28)18(31-10)26-5-9-11-16(22-7-23-17(11)26)25(3)24-15(9)21/h5,7-8,10,12-14,18,27-28H,4,6,20H2,1-3H3,(H2,21,24)/t8-,10+,12-,13+,14+,18+/m0/s1. The third-order valence-corrected chi connectivity index (χ3v) is 5.96. The van der Waals surface area contributed by atoms with Gasteiger partial charge in [0, 0.05) is 18.8 Å². The minimum absolute atomic E-state index is 0.0430. The molecule has 12 heteroatoms. The lowest BCUT2D eigenvalue weighted by Crippen LogP contribution is -2.40. The third kappa shape index (κ3) is 3.51. The number of amidine groups is 1. The molecule has 2 aliphatic heterocycles. The molecule has 2 aliphatic rings. The minimum atomic E-state index is -1.29. The molecule has 6 atom stereocenters. The molecule has 0 radical (unpaired) electrons. The predicted molar refractivity (Wildman–Crippen MR) is 111 cm³/mol. The van der Waals surface area contributed by atoms with Crippen molar-refractivity contribution in [3.63, 3.8) is 0 Å². The van der Waals surface area contributed by atoms with E-state index in [9.17, 15) is 15.0 Å². The molecular formula is C19H27N7O5. The van der Waals surface area contributed by atoms with Gasteiger partial charge < -0.3 is 35.7 Å². The second-order valence-corrected chi connectivity index (χ2v) is 7.94. The van der Waals surface area contributed by atoms with Crippen LogP contribution in [0.4, 0.5) is 5.82 Å². The van der Waals surface area contributed by atoms with Crippen molar-refractivity contribution >= 4 is 28.7 Å². The number of anilines is 1. The van der Waals surface area contributed by atoms with E-state index in [2.05, 4.69) is 15.1 Å². The Morgan fingerprint density at radius 3 is 2.81 bits per heavy atom. The van der Waals surface area contributed by atoms with E-state index in [1.165, 1.54) is 6.33 Å². The number of hydrazone groups is 1. The number of hydrogen-bond donors (Lipinski definition) is 4. The summed E-state index contributed by atoms with van der Waals surface area (Å²) in [6.45, 7) is 3.55. The summed E-state index contributed by atoms with van der Waals surface area (Å²) in [4.78, 5) is 20.7. The topological polar surface area (TPSA) is 174 Å².